The zero-order valence-electron chi connectivity index (χ0n) is 11.2. The average Bonchev–Trinajstić information content (AvgIpc) is 2.87. The standard InChI is InChI=1S/C14H21N3O/c1-3-12(2)17-7-4-13(16-17)10-14(11-15)5-8-18-9-6-14/h4,7,12H,3,5-6,8-10H2,1-2H3. The lowest BCUT2D eigenvalue weighted by Crippen LogP contribution is -2.30. The molecule has 1 unspecified atom stereocenters. The Morgan fingerprint density at radius 2 is 2.28 bits per heavy atom. The molecule has 18 heavy (non-hydrogen) atoms. The molecule has 98 valence electrons. The van der Waals surface area contributed by atoms with Gasteiger partial charge < -0.3 is 4.74 Å². The lowest BCUT2D eigenvalue weighted by atomic mass is 9.78. The molecule has 4 nitrogen and oxygen atoms in total. The van der Waals surface area contributed by atoms with E-state index in [-0.39, 0.29) is 5.41 Å². The van der Waals surface area contributed by atoms with E-state index in [2.05, 4.69) is 25.0 Å². The molecule has 1 aromatic rings. The van der Waals surface area contributed by atoms with Gasteiger partial charge in [-0.1, -0.05) is 6.92 Å². The molecule has 0 spiro atoms. The third-order valence-corrected chi connectivity index (χ3v) is 3.91. The first-order chi connectivity index (χ1) is 8.69. The number of hydrogen-bond donors (Lipinski definition) is 0. The Bertz CT molecular complexity index is 426. The minimum atomic E-state index is -0.271. The fourth-order valence-corrected chi connectivity index (χ4v) is 2.34. The Labute approximate surface area is 109 Å². The van der Waals surface area contributed by atoms with E-state index in [0.29, 0.717) is 19.3 Å². The maximum Gasteiger partial charge on any atom is 0.0695 e. The predicted octanol–water partition coefficient (Wildman–Crippen LogP) is 2.72. The number of nitriles is 1. The van der Waals surface area contributed by atoms with Gasteiger partial charge in [-0.15, -0.1) is 0 Å². The predicted molar refractivity (Wildman–Crippen MR) is 69.0 cm³/mol. The molecule has 2 heterocycles. The highest BCUT2D eigenvalue weighted by atomic mass is 16.5. The summed E-state index contributed by atoms with van der Waals surface area (Å²) >= 11 is 0. The van der Waals surface area contributed by atoms with Gasteiger partial charge in [-0.05, 0) is 32.3 Å². The van der Waals surface area contributed by atoms with E-state index < -0.39 is 0 Å². The molecule has 0 aliphatic carbocycles. The molecule has 1 saturated heterocycles. The van der Waals surface area contributed by atoms with E-state index in [4.69, 9.17) is 4.74 Å². The second kappa shape index (κ2) is 5.53. The summed E-state index contributed by atoms with van der Waals surface area (Å²) in [5.41, 5.74) is 0.756. The number of ether oxygens (including phenoxy) is 1. The monoisotopic (exact) mass is 247 g/mol. The SMILES string of the molecule is CCC(C)n1ccc(CC2(C#N)CCOCC2)n1. The van der Waals surface area contributed by atoms with Crippen LogP contribution in [0.2, 0.25) is 0 Å². The van der Waals surface area contributed by atoms with Crippen molar-refractivity contribution >= 4 is 0 Å². The normalized spacial score (nSPS) is 20.3. The molecule has 1 aromatic heterocycles. The summed E-state index contributed by atoms with van der Waals surface area (Å²) in [5, 5.41) is 14.0. The van der Waals surface area contributed by atoms with Gasteiger partial charge in [0, 0.05) is 31.9 Å². The summed E-state index contributed by atoms with van der Waals surface area (Å²) in [6.07, 6.45) is 5.47. The summed E-state index contributed by atoms with van der Waals surface area (Å²) in [4.78, 5) is 0. The summed E-state index contributed by atoms with van der Waals surface area (Å²) in [6, 6.07) is 4.95. The van der Waals surface area contributed by atoms with Crippen molar-refractivity contribution in [2.24, 2.45) is 5.41 Å². The van der Waals surface area contributed by atoms with Crippen LogP contribution in [-0.4, -0.2) is 23.0 Å². The van der Waals surface area contributed by atoms with Crippen LogP contribution in [0, 0.1) is 16.7 Å². The van der Waals surface area contributed by atoms with Crippen molar-refractivity contribution in [3.05, 3.63) is 18.0 Å². The van der Waals surface area contributed by atoms with E-state index in [1.54, 1.807) is 0 Å². The Balaban J connectivity index is 2.08. The molecule has 0 saturated carbocycles. The van der Waals surface area contributed by atoms with E-state index >= 15 is 0 Å². The van der Waals surface area contributed by atoms with Gasteiger partial charge in [0.25, 0.3) is 0 Å². The van der Waals surface area contributed by atoms with Gasteiger partial charge in [0.1, 0.15) is 0 Å². The van der Waals surface area contributed by atoms with Crippen LogP contribution >= 0.6 is 0 Å². The van der Waals surface area contributed by atoms with Crippen molar-refractivity contribution in [1.82, 2.24) is 9.78 Å². The van der Waals surface area contributed by atoms with Crippen molar-refractivity contribution in [2.45, 2.75) is 45.6 Å². The molecule has 0 radical (unpaired) electrons. The molecule has 0 aromatic carbocycles. The van der Waals surface area contributed by atoms with Crippen LogP contribution in [0.5, 0.6) is 0 Å². The molecule has 1 aliphatic rings. The van der Waals surface area contributed by atoms with Crippen LogP contribution in [0.15, 0.2) is 12.3 Å². The Morgan fingerprint density at radius 1 is 1.56 bits per heavy atom. The minimum Gasteiger partial charge on any atom is -0.381 e. The molecule has 1 atom stereocenters. The molecule has 4 heteroatoms. The van der Waals surface area contributed by atoms with Gasteiger partial charge in [-0.25, -0.2) is 0 Å². The summed E-state index contributed by atoms with van der Waals surface area (Å²) in [7, 11) is 0. The highest BCUT2D eigenvalue weighted by Gasteiger charge is 2.33. The molecule has 0 bridgehead atoms. The molecule has 0 amide bonds. The maximum atomic E-state index is 9.42. The van der Waals surface area contributed by atoms with Gasteiger partial charge in [-0.2, -0.15) is 10.4 Å². The quantitative estimate of drug-likeness (QED) is 0.822. The topological polar surface area (TPSA) is 50.8 Å². The van der Waals surface area contributed by atoms with Crippen molar-refractivity contribution in [3.63, 3.8) is 0 Å². The summed E-state index contributed by atoms with van der Waals surface area (Å²) in [5.74, 6) is 0. The molecule has 1 fully saturated rings. The van der Waals surface area contributed by atoms with Crippen molar-refractivity contribution in [3.8, 4) is 6.07 Å². The molecular weight excluding hydrogens is 226 g/mol. The third-order valence-electron chi connectivity index (χ3n) is 3.91. The number of aromatic nitrogens is 2. The highest BCUT2D eigenvalue weighted by molar-refractivity contribution is 5.11. The molecule has 0 N–H and O–H groups in total. The van der Waals surface area contributed by atoms with Crippen LogP contribution < -0.4 is 0 Å². The van der Waals surface area contributed by atoms with Gasteiger partial charge in [0.05, 0.1) is 17.2 Å². The van der Waals surface area contributed by atoms with Crippen LogP contribution in [0.25, 0.3) is 0 Å². The van der Waals surface area contributed by atoms with Crippen LogP contribution in [0.3, 0.4) is 0 Å². The highest BCUT2D eigenvalue weighted by Crippen LogP contribution is 2.33. The third kappa shape index (κ3) is 2.73. The average molecular weight is 247 g/mol. The summed E-state index contributed by atoms with van der Waals surface area (Å²) in [6.45, 7) is 5.70. The Morgan fingerprint density at radius 3 is 2.89 bits per heavy atom. The van der Waals surface area contributed by atoms with E-state index in [9.17, 15) is 5.26 Å². The maximum absolute atomic E-state index is 9.42. The van der Waals surface area contributed by atoms with Gasteiger partial charge in [0.15, 0.2) is 0 Å². The van der Waals surface area contributed by atoms with E-state index in [1.807, 2.05) is 16.9 Å². The fourth-order valence-electron chi connectivity index (χ4n) is 2.34. The molecular formula is C14H21N3O. The Hall–Kier alpha value is -1.34. The van der Waals surface area contributed by atoms with Crippen molar-refractivity contribution in [2.75, 3.05) is 13.2 Å². The zero-order chi connectivity index (χ0) is 13.0. The van der Waals surface area contributed by atoms with Crippen molar-refractivity contribution < 1.29 is 4.74 Å². The number of hydrogen-bond acceptors (Lipinski definition) is 3. The molecule has 1 aliphatic heterocycles. The number of nitrogens with zero attached hydrogens (tertiary/aromatic N) is 3. The van der Waals surface area contributed by atoms with E-state index in [0.717, 1.165) is 31.4 Å². The Kier molecular flexibility index (Phi) is 4.03. The van der Waals surface area contributed by atoms with Gasteiger partial charge in [-0.3, -0.25) is 4.68 Å². The molecule has 2 rings (SSSR count). The van der Waals surface area contributed by atoms with Gasteiger partial charge >= 0.3 is 0 Å². The van der Waals surface area contributed by atoms with Crippen LogP contribution in [-0.2, 0) is 11.2 Å². The number of rotatable bonds is 4. The first kappa shape index (κ1) is 13.1. The second-order valence-corrected chi connectivity index (χ2v) is 5.23. The minimum absolute atomic E-state index is 0.271. The lowest BCUT2D eigenvalue weighted by molar-refractivity contribution is 0.0402. The smallest absolute Gasteiger partial charge is 0.0695 e. The lowest BCUT2D eigenvalue weighted by Gasteiger charge is -2.29. The second-order valence-electron chi connectivity index (χ2n) is 5.23. The first-order valence-corrected chi connectivity index (χ1v) is 6.72. The van der Waals surface area contributed by atoms with Crippen LogP contribution in [0.1, 0.15) is 44.8 Å². The van der Waals surface area contributed by atoms with E-state index in [1.165, 1.54) is 0 Å². The largest absolute Gasteiger partial charge is 0.381 e. The van der Waals surface area contributed by atoms with Crippen LogP contribution in [0.4, 0.5) is 0 Å². The summed E-state index contributed by atoms with van der Waals surface area (Å²) < 4.78 is 7.35. The van der Waals surface area contributed by atoms with Gasteiger partial charge in [0.2, 0.25) is 0 Å². The zero-order valence-corrected chi connectivity index (χ0v) is 11.2. The van der Waals surface area contributed by atoms with Crippen molar-refractivity contribution in [1.29, 1.82) is 5.26 Å². The first-order valence-electron chi connectivity index (χ1n) is 6.72. The fraction of sp³-hybridized carbons (Fsp3) is 0.714.